The summed E-state index contributed by atoms with van der Waals surface area (Å²) in [6.07, 6.45) is 3.13. The van der Waals surface area contributed by atoms with Crippen molar-refractivity contribution in [1.29, 1.82) is 0 Å². The van der Waals surface area contributed by atoms with Crippen molar-refractivity contribution in [3.05, 3.63) is 35.3 Å². The van der Waals surface area contributed by atoms with Crippen LogP contribution in [0.25, 0.3) is 11.4 Å². The Morgan fingerprint density at radius 2 is 1.62 bits per heavy atom. The highest BCUT2D eigenvalue weighted by atomic mass is 15.0. The van der Waals surface area contributed by atoms with E-state index in [2.05, 4.69) is 35.2 Å². The van der Waals surface area contributed by atoms with Crippen molar-refractivity contribution in [3.8, 4) is 11.4 Å². The molecule has 0 atom stereocenters. The van der Waals surface area contributed by atoms with E-state index in [1.807, 2.05) is 26.0 Å². The Kier molecular flexibility index (Phi) is 5.26. The van der Waals surface area contributed by atoms with Crippen LogP contribution in [0.2, 0.25) is 0 Å². The monoisotopic (exact) mass is 284 g/mol. The molecule has 2 rings (SSSR count). The average molecular weight is 284 g/mol. The number of anilines is 1. The summed E-state index contributed by atoms with van der Waals surface area (Å²) < 4.78 is 0. The predicted molar refractivity (Wildman–Crippen MR) is 87.5 cm³/mol. The van der Waals surface area contributed by atoms with Gasteiger partial charge in [-0.25, -0.2) is 9.97 Å². The summed E-state index contributed by atoms with van der Waals surface area (Å²) in [4.78, 5) is 13.8. The van der Waals surface area contributed by atoms with Gasteiger partial charge in [0.1, 0.15) is 5.82 Å². The van der Waals surface area contributed by atoms with Gasteiger partial charge in [-0.1, -0.05) is 20.3 Å². The van der Waals surface area contributed by atoms with E-state index in [9.17, 15) is 0 Å². The molecule has 4 nitrogen and oxygen atoms in total. The van der Waals surface area contributed by atoms with E-state index in [-0.39, 0.29) is 0 Å². The van der Waals surface area contributed by atoms with Crippen LogP contribution in [0.1, 0.15) is 43.8 Å². The third kappa shape index (κ3) is 4.25. The summed E-state index contributed by atoms with van der Waals surface area (Å²) in [5, 5.41) is 3.37. The first-order chi connectivity index (χ1) is 10.1. The molecular weight excluding hydrogens is 260 g/mol. The maximum Gasteiger partial charge on any atom is 0.161 e. The second kappa shape index (κ2) is 7.16. The Balaban J connectivity index is 2.42. The highest BCUT2D eigenvalue weighted by molar-refractivity contribution is 5.58. The normalized spacial score (nSPS) is 10.7. The van der Waals surface area contributed by atoms with Gasteiger partial charge >= 0.3 is 0 Å². The minimum absolute atomic E-state index is 0.785. The molecule has 2 heterocycles. The maximum absolute atomic E-state index is 4.70. The number of nitrogens with zero attached hydrogens (tertiary/aromatic N) is 3. The van der Waals surface area contributed by atoms with E-state index in [0.29, 0.717) is 0 Å². The number of hydrogen-bond donors (Lipinski definition) is 1. The number of aryl methyl sites for hydroxylation is 3. The van der Waals surface area contributed by atoms with Gasteiger partial charge < -0.3 is 5.32 Å². The van der Waals surface area contributed by atoms with Crippen molar-refractivity contribution in [3.63, 3.8) is 0 Å². The molecule has 0 radical (unpaired) electrons. The Hall–Kier alpha value is -1.97. The maximum atomic E-state index is 4.70. The molecule has 2 aromatic heterocycles. The first kappa shape index (κ1) is 15.4. The van der Waals surface area contributed by atoms with Gasteiger partial charge in [0.15, 0.2) is 5.82 Å². The lowest BCUT2D eigenvalue weighted by Gasteiger charge is -2.10. The fourth-order valence-electron chi connectivity index (χ4n) is 2.32. The van der Waals surface area contributed by atoms with Crippen LogP contribution in [0.5, 0.6) is 0 Å². The number of hydrogen-bond acceptors (Lipinski definition) is 4. The lowest BCUT2D eigenvalue weighted by Crippen LogP contribution is -2.06. The van der Waals surface area contributed by atoms with E-state index < -0.39 is 0 Å². The molecule has 4 heteroatoms. The van der Waals surface area contributed by atoms with Gasteiger partial charge in [-0.2, -0.15) is 0 Å². The second-order valence-electron chi connectivity index (χ2n) is 5.38. The fourth-order valence-corrected chi connectivity index (χ4v) is 2.32. The molecule has 0 aliphatic heterocycles. The summed E-state index contributed by atoms with van der Waals surface area (Å²) in [5.74, 6) is 1.70. The van der Waals surface area contributed by atoms with Crippen LogP contribution < -0.4 is 5.32 Å². The fraction of sp³-hybridized carbons (Fsp3) is 0.471. The third-order valence-corrected chi connectivity index (χ3v) is 3.18. The van der Waals surface area contributed by atoms with Crippen molar-refractivity contribution in [1.82, 2.24) is 15.0 Å². The van der Waals surface area contributed by atoms with Gasteiger partial charge in [0.2, 0.25) is 0 Å². The Bertz CT molecular complexity index is 587. The van der Waals surface area contributed by atoms with Crippen LogP contribution >= 0.6 is 0 Å². The number of rotatable bonds is 6. The summed E-state index contributed by atoms with van der Waals surface area (Å²) >= 11 is 0. The molecule has 1 N–H and O–H groups in total. The van der Waals surface area contributed by atoms with E-state index >= 15 is 0 Å². The molecule has 0 aliphatic rings. The van der Waals surface area contributed by atoms with E-state index in [1.165, 1.54) is 0 Å². The lowest BCUT2D eigenvalue weighted by molar-refractivity contribution is 0.872. The molecule has 0 bridgehead atoms. The molecule has 0 amide bonds. The zero-order valence-corrected chi connectivity index (χ0v) is 13.4. The molecular formula is C17H24N4. The molecule has 0 fully saturated rings. The van der Waals surface area contributed by atoms with Gasteiger partial charge in [-0.05, 0) is 38.8 Å². The summed E-state index contributed by atoms with van der Waals surface area (Å²) in [7, 11) is 0. The topological polar surface area (TPSA) is 50.7 Å². The number of pyridine rings is 1. The highest BCUT2D eigenvalue weighted by Crippen LogP contribution is 2.20. The quantitative estimate of drug-likeness (QED) is 0.873. The van der Waals surface area contributed by atoms with Crippen LogP contribution in [-0.2, 0) is 6.42 Å². The summed E-state index contributed by atoms with van der Waals surface area (Å²) in [6, 6.07) is 6.15. The van der Waals surface area contributed by atoms with Crippen LogP contribution in [0, 0.1) is 13.8 Å². The minimum atomic E-state index is 0.785. The Morgan fingerprint density at radius 1 is 0.905 bits per heavy atom. The van der Waals surface area contributed by atoms with E-state index in [0.717, 1.165) is 60.1 Å². The lowest BCUT2D eigenvalue weighted by atomic mass is 10.1. The molecule has 0 saturated carbocycles. The van der Waals surface area contributed by atoms with Crippen molar-refractivity contribution in [2.75, 3.05) is 11.9 Å². The molecule has 0 unspecified atom stereocenters. The van der Waals surface area contributed by atoms with Crippen molar-refractivity contribution < 1.29 is 0 Å². The third-order valence-electron chi connectivity index (χ3n) is 3.18. The largest absolute Gasteiger partial charge is 0.370 e. The SMILES string of the molecule is CCCNc1cc(CCC)nc(-c2cc(C)nc(C)c2)n1. The van der Waals surface area contributed by atoms with E-state index in [4.69, 9.17) is 4.98 Å². The smallest absolute Gasteiger partial charge is 0.161 e. The van der Waals surface area contributed by atoms with Gasteiger partial charge in [0, 0.05) is 35.3 Å². The van der Waals surface area contributed by atoms with E-state index in [1.54, 1.807) is 0 Å². The molecule has 0 aromatic carbocycles. The summed E-state index contributed by atoms with van der Waals surface area (Å²) in [6.45, 7) is 9.25. The van der Waals surface area contributed by atoms with Gasteiger partial charge in [0.25, 0.3) is 0 Å². The van der Waals surface area contributed by atoms with Crippen molar-refractivity contribution >= 4 is 5.82 Å². The molecule has 0 saturated heterocycles. The van der Waals surface area contributed by atoms with Gasteiger partial charge in [0.05, 0.1) is 0 Å². The predicted octanol–water partition coefficient (Wildman–Crippen LogP) is 3.93. The molecule has 0 aliphatic carbocycles. The first-order valence-electron chi connectivity index (χ1n) is 7.70. The van der Waals surface area contributed by atoms with Crippen LogP contribution in [0.4, 0.5) is 5.82 Å². The van der Waals surface area contributed by atoms with Crippen LogP contribution in [0.15, 0.2) is 18.2 Å². The molecule has 21 heavy (non-hydrogen) atoms. The minimum Gasteiger partial charge on any atom is -0.370 e. The van der Waals surface area contributed by atoms with Gasteiger partial charge in [-0.15, -0.1) is 0 Å². The van der Waals surface area contributed by atoms with Crippen molar-refractivity contribution in [2.24, 2.45) is 0 Å². The average Bonchev–Trinajstić information content (AvgIpc) is 2.44. The first-order valence-corrected chi connectivity index (χ1v) is 7.70. The number of nitrogens with one attached hydrogen (secondary N) is 1. The Labute approximate surface area is 127 Å². The van der Waals surface area contributed by atoms with Gasteiger partial charge in [-0.3, -0.25) is 4.98 Å². The zero-order chi connectivity index (χ0) is 15.2. The standard InChI is InChI=1S/C17H24N4/c1-5-7-15-11-16(18-8-6-2)21-17(20-15)14-9-12(3)19-13(4)10-14/h9-11H,5-8H2,1-4H3,(H,18,20,21). The number of aromatic nitrogens is 3. The highest BCUT2D eigenvalue weighted by Gasteiger charge is 2.08. The van der Waals surface area contributed by atoms with Crippen LogP contribution in [0.3, 0.4) is 0 Å². The zero-order valence-electron chi connectivity index (χ0n) is 13.4. The van der Waals surface area contributed by atoms with Crippen LogP contribution in [-0.4, -0.2) is 21.5 Å². The Morgan fingerprint density at radius 3 is 2.24 bits per heavy atom. The van der Waals surface area contributed by atoms with Crippen molar-refractivity contribution in [2.45, 2.75) is 47.0 Å². The summed E-state index contributed by atoms with van der Waals surface area (Å²) in [5.41, 5.74) is 4.13. The molecule has 2 aromatic rings. The molecule has 0 spiro atoms. The molecule has 112 valence electrons. The second-order valence-corrected chi connectivity index (χ2v) is 5.38.